The Morgan fingerprint density at radius 3 is 2.18 bits per heavy atom. The van der Waals surface area contributed by atoms with Gasteiger partial charge in [-0.15, -0.1) is 0 Å². The zero-order valence-electron chi connectivity index (χ0n) is 28.2. The van der Waals surface area contributed by atoms with Gasteiger partial charge in [-0.2, -0.15) is 4.58 Å². The second-order valence-electron chi connectivity index (χ2n) is 14.6. The molecule has 1 aliphatic carbocycles. The first-order valence-corrected chi connectivity index (χ1v) is 16.9. The average Bonchev–Trinajstić information content (AvgIpc) is 3.32. The highest BCUT2D eigenvalue weighted by Gasteiger charge is 2.44. The van der Waals surface area contributed by atoms with Gasteiger partial charge >= 0.3 is 0 Å². The summed E-state index contributed by atoms with van der Waals surface area (Å²) in [5.74, 6) is 1.33. The zero-order valence-corrected chi connectivity index (χ0v) is 31.1. The van der Waals surface area contributed by atoms with Crippen LogP contribution in [0.3, 0.4) is 0 Å². The molecule has 2 aromatic rings. The summed E-state index contributed by atoms with van der Waals surface area (Å²) in [4.78, 5) is 2.55. The normalized spacial score (nSPS) is 20.8. The van der Waals surface area contributed by atoms with Gasteiger partial charge in [0.1, 0.15) is 6.54 Å². The smallest absolute Gasteiger partial charge is 0.209 e. The van der Waals surface area contributed by atoms with Crippen molar-refractivity contribution in [1.29, 1.82) is 0 Å². The van der Waals surface area contributed by atoms with E-state index in [1.165, 1.54) is 57.9 Å². The second kappa shape index (κ2) is 14.1. The molecule has 0 saturated carbocycles. The van der Waals surface area contributed by atoms with Crippen molar-refractivity contribution in [3.8, 4) is 0 Å². The Bertz CT molecular complexity index is 1520. The molecule has 2 heterocycles. The van der Waals surface area contributed by atoms with Gasteiger partial charge in [-0.05, 0) is 80.2 Å². The van der Waals surface area contributed by atoms with Crippen molar-refractivity contribution < 1.29 is 28.6 Å². The molecule has 2 aliphatic heterocycles. The van der Waals surface area contributed by atoms with Crippen molar-refractivity contribution in [2.24, 2.45) is 11.8 Å². The second-order valence-corrected chi connectivity index (χ2v) is 15.0. The fourth-order valence-electron chi connectivity index (χ4n) is 7.11. The summed E-state index contributed by atoms with van der Waals surface area (Å²) in [5, 5.41) is 0.934. The van der Waals surface area contributed by atoms with Gasteiger partial charge in [0, 0.05) is 52.5 Å². The van der Waals surface area contributed by atoms with E-state index in [1.807, 2.05) is 0 Å². The number of hydrogen-bond acceptors (Lipinski definition) is 1. The molecule has 0 amide bonds. The number of anilines is 1. The number of rotatable bonds is 9. The SMILES string of the molecule is CC(C)CCN1/C(=C/C=C2\CCCC(/C=C/C3=[N+](CCC(C)C)c4ccccc4C3(C)C)=C2Cl)C(C)(C)c2ccccc21.[I-]. The van der Waals surface area contributed by atoms with Crippen LogP contribution in [-0.4, -0.2) is 23.4 Å². The monoisotopic (exact) mass is 722 g/mol. The first kappa shape index (κ1) is 34.8. The Kier molecular flexibility index (Phi) is 11.2. The largest absolute Gasteiger partial charge is 1.00 e. The highest BCUT2D eigenvalue weighted by Crippen LogP contribution is 2.48. The molecule has 0 bridgehead atoms. The van der Waals surface area contributed by atoms with Crippen LogP contribution in [0.5, 0.6) is 0 Å². The Balaban J connectivity index is 0.00000442. The van der Waals surface area contributed by atoms with Crippen LogP contribution in [0.1, 0.15) is 98.6 Å². The summed E-state index contributed by atoms with van der Waals surface area (Å²) < 4.78 is 2.55. The lowest BCUT2D eigenvalue weighted by molar-refractivity contribution is -0.439. The van der Waals surface area contributed by atoms with Gasteiger partial charge in [0.25, 0.3) is 0 Å². The molecular weight excluding hydrogens is 671 g/mol. The lowest BCUT2D eigenvalue weighted by Gasteiger charge is -2.28. The maximum absolute atomic E-state index is 7.21. The molecule has 5 rings (SSSR count). The highest BCUT2D eigenvalue weighted by atomic mass is 127. The fourth-order valence-corrected chi connectivity index (χ4v) is 7.42. The molecule has 0 radical (unpaired) electrons. The summed E-state index contributed by atoms with van der Waals surface area (Å²) in [6, 6.07) is 17.9. The standard InChI is InChI=1S/C40H52ClN2.HI/c1-28(2)24-26-42-34-18-11-9-16-32(34)39(5,6)36(42)22-20-30-14-13-15-31(38(30)41)21-23-37-40(7,8)33-17-10-12-19-35(33)43(37)27-25-29(3)4;/h9-12,16-23,28-29H,13-15,24-27H2,1-8H3;1H/q+1;/p-1. The summed E-state index contributed by atoms with van der Waals surface area (Å²) in [6.45, 7) is 20.8. The molecule has 0 aromatic heterocycles. The minimum absolute atomic E-state index is 0. The number of hydrogen-bond donors (Lipinski definition) is 0. The van der Waals surface area contributed by atoms with E-state index in [1.54, 1.807) is 0 Å². The third-order valence-corrected chi connectivity index (χ3v) is 10.3. The van der Waals surface area contributed by atoms with Crippen molar-refractivity contribution in [3.63, 3.8) is 0 Å². The average molecular weight is 723 g/mol. The zero-order chi connectivity index (χ0) is 30.9. The van der Waals surface area contributed by atoms with Gasteiger partial charge < -0.3 is 28.9 Å². The van der Waals surface area contributed by atoms with E-state index < -0.39 is 0 Å². The van der Waals surface area contributed by atoms with Gasteiger partial charge in [-0.1, -0.05) is 102 Å². The number of allylic oxidation sites excluding steroid dienone is 8. The van der Waals surface area contributed by atoms with E-state index in [9.17, 15) is 0 Å². The van der Waals surface area contributed by atoms with Crippen LogP contribution < -0.4 is 28.9 Å². The molecule has 3 aliphatic rings. The van der Waals surface area contributed by atoms with Crippen LogP contribution in [0.25, 0.3) is 0 Å². The van der Waals surface area contributed by atoms with Crippen LogP contribution in [-0.2, 0) is 10.8 Å². The maximum atomic E-state index is 7.21. The van der Waals surface area contributed by atoms with Gasteiger partial charge in [0.2, 0.25) is 5.69 Å². The minimum Gasteiger partial charge on any atom is -1.00 e. The van der Waals surface area contributed by atoms with E-state index in [4.69, 9.17) is 11.6 Å². The molecular formula is C40H52ClIN2. The highest BCUT2D eigenvalue weighted by molar-refractivity contribution is 6.32. The molecule has 4 heteroatoms. The van der Waals surface area contributed by atoms with Crippen LogP contribution >= 0.6 is 11.6 Å². The van der Waals surface area contributed by atoms with E-state index in [0.29, 0.717) is 11.8 Å². The quantitative estimate of drug-likeness (QED) is 0.188. The number of benzene rings is 2. The number of halogens is 2. The molecule has 236 valence electrons. The third kappa shape index (κ3) is 6.84. The van der Waals surface area contributed by atoms with Gasteiger partial charge in [-0.3, -0.25) is 0 Å². The van der Waals surface area contributed by atoms with Crippen molar-refractivity contribution in [2.45, 2.75) is 98.3 Å². The summed E-state index contributed by atoms with van der Waals surface area (Å²) in [6.07, 6.45) is 14.9. The van der Waals surface area contributed by atoms with Crippen molar-refractivity contribution >= 4 is 28.7 Å². The molecule has 44 heavy (non-hydrogen) atoms. The molecule has 0 saturated heterocycles. The Labute approximate surface area is 289 Å². The number of para-hydroxylation sites is 2. The summed E-state index contributed by atoms with van der Waals surface area (Å²) in [5.41, 5.74) is 10.7. The van der Waals surface area contributed by atoms with E-state index in [0.717, 1.165) is 37.4 Å². The fraction of sp³-hybridized carbons (Fsp3) is 0.475. The van der Waals surface area contributed by atoms with Crippen LogP contribution in [0, 0.1) is 11.8 Å². The van der Waals surface area contributed by atoms with Crippen molar-refractivity contribution in [2.75, 3.05) is 18.0 Å². The maximum Gasteiger partial charge on any atom is 0.209 e. The Morgan fingerprint density at radius 2 is 1.48 bits per heavy atom. The first-order chi connectivity index (χ1) is 20.4. The van der Waals surface area contributed by atoms with Gasteiger partial charge in [-0.25, -0.2) is 0 Å². The summed E-state index contributed by atoms with van der Waals surface area (Å²) >= 11 is 7.21. The van der Waals surface area contributed by atoms with Crippen molar-refractivity contribution in [3.05, 3.63) is 106 Å². The molecule has 0 atom stereocenters. The first-order valence-electron chi connectivity index (χ1n) is 16.5. The molecule has 0 fully saturated rings. The van der Waals surface area contributed by atoms with E-state index in [-0.39, 0.29) is 34.8 Å². The topological polar surface area (TPSA) is 6.25 Å². The van der Waals surface area contributed by atoms with Crippen LogP contribution in [0.15, 0.2) is 94.7 Å². The molecule has 0 unspecified atom stereocenters. The lowest BCUT2D eigenvalue weighted by Crippen LogP contribution is -3.00. The van der Waals surface area contributed by atoms with Crippen LogP contribution in [0.4, 0.5) is 11.4 Å². The van der Waals surface area contributed by atoms with E-state index in [2.05, 4.69) is 138 Å². The molecule has 2 nitrogen and oxygen atoms in total. The number of fused-ring (bicyclic) bond motifs is 2. The predicted molar refractivity (Wildman–Crippen MR) is 187 cm³/mol. The lowest BCUT2D eigenvalue weighted by atomic mass is 9.81. The number of nitrogens with zero attached hydrogens (tertiary/aromatic N) is 2. The van der Waals surface area contributed by atoms with E-state index >= 15 is 0 Å². The summed E-state index contributed by atoms with van der Waals surface area (Å²) in [7, 11) is 0. The van der Waals surface area contributed by atoms with Crippen molar-refractivity contribution in [1.82, 2.24) is 0 Å². The molecule has 0 N–H and O–H groups in total. The molecule has 0 spiro atoms. The Morgan fingerprint density at radius 1 is 0.818 bits per heavy atom. The van der Waals surface area contributed by atoms with Gasteiger partial charge in [0.15, 0.2) is 5.71 Å². The van der Waals surface area contributed by atoms with Gasteiger partial charge in [0.05, 0.1) is 5.41 Å². The predicted octanol–water partition coefficient (Wildman–Crippen LogP) is 8.00. The van der Waals surface area contributed by atoms with Crippen LogP contribution in [0.2, 0.25) is 0 Å². The minimum atomic E-state index is -0.0443. The Hall–Kier alpha value is -2.11. The molecule has 2 aromatic carbocycles. The third-order valence-electron chi connectivity index (χ3n) is 9.80.